The molecule has 0 aromatic heterocycles. The van der Waals surface area contributed by atoms with Crippen LogP contribution in [0.5, 0.6) is 0 Å². The molecule has 0 amide bonds. The van der Waals surface area contributed by atoms with Crippen LogP contribution in [0.1, 0.15) is 20.3 Å². The molecule has 0 spiro atoms. The van der Waals surface area contributed by atoms with Gasteiger partial charge in [-0.2, -0.15) is 0 Å². The van der Waals surface area contributed by atoms with Gasteiger partial charge in [0.25, 0.3) is 0 Å². The van der Waals surface area contributed by atoms with E-state index < -0.39 is 0 Å². The van der Waals surface area contributed by atoms with Crippen LogP contribution in [0.3, 0.4) is 0 Å². The molecule has 0 aromatic rings. The van der Waals surface area contributed by atoms with E-state index in [0.29, 0.717) is 0 Å². The van der Waals surface area contributed by atoms with E-state index in [9.17, 15) is 0 Å². The number of rotatable bonds is 1. The van der Waals surface area contributed by atoms with Crippen LogP contribution in [-0.4, -0.2) is 13.2 Å². The van der Waals surface area contributed by atoms with Crippen LogP contribution in [0.15, 0.2) is 0 Å². The first-order valence-corrected chi connectivity index (χ1v) is 4.37. The van der Waals surface area contributed by atoms with E-state index in [1.165, 1.54) is 6.42 Å². The molecule has 0 N–H and O–H groups in total. The fraction of sp³-hybridized carbons (Fsp3) is 1.00. The summed E-state index contributed by atoms with van der Waals surface area (Å²) < 4.78 is 5.41. The van der Waals surface area contributed by atoms with Crippen molar-refractivity contribution in [2.75, 3.05) is 13.2 Å². The largest absolute Gasteiger partial charge is 0.381 e. The van der Waals surface area contributed by atoms with Crippen LogP contribution < -0.4 is 0 Å². The van der Waals surface area contributed by atoms with E-state index in [0.717, 1.165) is 36.9 Å². The Labute approximate surface area is 62.8 Å². The van der Waals surface area contributed by atoms with E-state index >= 15 is 0 Å². The third kappa shape index (κ3) is 0.800. The second-order valence-corrected chi connectivity index (χ2v) is 4.10. The summed E-state index contributed by atoms with van der Waals surface area (Å²) >= 11 is 0. The predicted octanol–water partition coefficient (Wildman–Crippen LogP) is 1.92. The first-order chi connectivity index (χ1) is 4.79. The number of fused-ring (bicyclic) bond motifs is 1. The molecular weight excluding hydrogens is 124 g/mol. The van der Waals surface area contributed by atoms with Crippen LogP contribution >= 0.6 is 0 Å². The van der Waals surface area contributed by atoms with Crippen LogP contribution in [0.4, 0.5) is 0 Å². The fourth-order valence-electron chi connectivity index (χ4n) is 2.43. The Morgan fingerprint density at radius 1 is 1.30 bits per heavy atom. The number of hydrogen-bond donors (Lipinski definition) is 0. The lowest BCUT2D eigenvalue weighted by molar-refractivity contribution is 0.0765. The lowest BCUT2D eigenvalue weighted by atomic mass is 9.62. The van der Waals surface area contributed by atoms with Gasteiger partial charge in [0, 0.05) is 6.61 Å². The first kappa shape index (κ1) is 6.66. The van der Waals surface area contributed by atoms with E-state index in [2.05, 4.69) is 13.8 Å². The standard InChI is InChI=1S/C9H16O/c1-6(2)8-3-7-4-10-5-9(7)8/h6-9H,3-5H2,1-2H3. The minimum Gasteiger partial charge on any atom is -0.381 e. The zero-order valence-corrected chi connectivity index (χ0v) is 6.84. The van der Waals surface area contributed by atoms with Gasteiger partial charge >= 0.3 is 0 Å². The van der Waals surface area contributed by atoms with E-state index in [-0.39, 0.29) is 0 Å². The van der Waals surface area contributed by atoms with Gasteiger partial charge in [0.2, 0.25) is 0 Å². The topological polar surface area (TPSA) is 9.23 Å². The Hall–Kier alpha value is -0.0400. The van der Waals surface area contributed by atoms with Crippen molar-refractivity contribution in [3.05, 3.63) is 0 Å². The van der Waals surface area contributed by atoms with E-state index in [1.807, 2.05) is 0 Å². The summed E-state index contributed by atoms with van der Waals surface area (Å²) in [7, 11) is 0. The van der Waals surface area contributed by atoms with Gasteiger partial charge in [-0.05, 0) is 30.1 Å². The summed E-state index contributed by atoms with van der Waals surface area (Å²) in [5.74, 6) is 3.72. The van der Waals surface area contributed by atoms with Gasteiger partial charge in [0.15, 0.2) is 0 Å². The third-order valence-corrected chi connectivity index (χ3v) is 3.23. The Bertz CT molecular complexity index is 131. The summed E-state index contributed by atoms with van der Waals surface area (Å²) in [5, 5.41) is 0. The minimum absolute atomic E-state index is 0.878. The smallest absolute Gasteiger partial charge is 0.0500 e. The highest BCUT2D eigenvalue weighted by Gasteiger charge is 2.45. The number of hydrogen-bond acceptors (Lipinski definition) is 1. The molecule has 3 atom stereocenters. The molecule has 1 nitrogen and oxygen atoms in total. The summed E-state index contributed by atoms with van der Waals surface area (Å²) in [5.41, 5.74) is 0. The Morgan fingerprint density at radius 3 is 2.70 bits per heavy atom. The molecule has 1 saturated carbocycles. The molecule has 1 heterocycles. The summed E-state index contributed by atoms with van der Waals surface area (Å²) in [6, 6.07) is 0. The quantitative estimate of drug-likeness (QED) is 0.540. The lowest BCUT2D eigenvalue weighted by Crippen LogP contribution is -2.38. The maximum absolute atomic E-state index is 5.41. The highest BCUT2D eigenvalue weighted by atomic mass is 16.5. The molecule has 2 aliphatic rings. The highest BCUT2D eigenvalue weighted by molar-refractivity contribution is 4.93. The Kier molecular flexibility index (Phi) is 1.48. The van der Waals surface area contributed by atoms with Gasteiger partial charge in [-0.15, -0.1) is 0 Å². The zero-order valence-electron chi connectivity index (χ0n) is 6.84. The highest BCUT2D eigenvalue weighted by Crippen LogP contribution is 2.47. The van der Waals surface area contributed by atoms with Crippen LogP contribution in [0.25, 0.3) is 0 Å². The Balaban J connectivity index is 1.94. The van der Waals surface area contributed by atoms with Crippen molar-refractivity contribution in [2.45, 2.75) is 20.3 Å². The molecule has 1 saturated heterocycles. The fourth-order valence-corrected chi connectivity index (χ4v) is 2.43. The average Bonchev–Trinajstić information content (AvgIpc) is 2.11. The Morgan fingerprint density at radius 2 is 2.10 bits per heavy atom. The SMILES string of the molecule is CC(C)C1CC2COCC21. The van der Waals surface area contributed by atoms with Crippen molar-refractivity contribution in [3.63, 3.8) is 0 Å². The molecular formula is C9H16O. The monoisotopic (exact) mass is 140 g/mol. The van der Waals surface area contributed by atoms with Crippen LogP contribution in [0.2, 0.25) is 0 Å². The van der Waals surface area contributed by atoms with Gasteiger partial charge in [-0.3, -0.25) is 0 Å². The normalized spacial score (nSPS) is 45.3. The van der Waals surface area contributed by atoms with Crippen molar-refractivity contribution in [1.82, 2.24) is 0 Å². The number of ether oxygens (including phenoxy) is 1. The van der Waals surface area contributed by atoms with Crippen molar-refractivity contribution in [1.29, 1.82) is 0 Å². The van der Waals surface area contributed by atoms with Crippen LogP contribution in [-0.2, 0) is 4.74 Å². The molecule has 0 aromatic carbocycles. The molecule has 0 radical (unpaired) electrons. The average molecular weight is 140 g/mol. The summed E-state index contributed by atoms with van der Waals surface area (Å²) in [6.45, 7) is 6.76. The maximum Gasteiger partial charge on any atom is 0.0500 e. The molecule has 2 fully saturated rings. The molecule has 10 heavy (non-hydrogen) atoms. The van der Waals surface area contributed by atoms with Crippen molar-refractivity contribution in [2.24, 2.45) is 23.7 Å². The maximum atomic E-state index is 5.41. The molecule has 1 aliphatic carbocycles. The first-order valence-electron chi connectivity index (χ1n) is 4.37. The lowest BCUT2D eigenvalue weighted by Gasteiger charge is -2.41. The van der Waals surface area contributed by atoms with Crippen LogP contribution in [0, 0.1) is 23.7 Å². The molecule has 58 valence electrons. The predicted molar refractivity (Wildman–Crippen MR) is 40.7 cm³/mol. The summed E-state index contributed by atoms with van der Waals surface area (Å²) in [4.78, 5) is 0. The van der Waals surface area contributed by atoms with Crippen molar-refractivity contribution >= 4 is 0 Å². The van der Waals surface area contributed by atoms with Gasteiger partial charge in [0.1, 0.15) is 0 Å². The molecule has 2 rings (SSSR count). The van der Waals surface area contributed by atoms with Gasteiger partial charge in [0.05, 0.1) is 6.61 Å². The van der Waals surface area contributed by atoms with Gasteiger partial charge < -0.3 is 4.74 Å². The molecule has 1 aliphatic heterocycles. The molecule has 0 bridgehead atoms. The summed E-state index contributed by atoms with van der Waals surface area (Å²) in [6.07, 6.45) is 1.43. The molecule has 1 heteroatoms. The van der Waals surface area contributed by atoms with Crippen molar-refractivity contribution in [3.8, 4) is 0 Å². The second-order valence-electron chi connectivity index (χ2n) is 4.10. The molecule has 3 unspecified atom stereocenters. The van der Waals surface area contributed by atoms with E-state index in [4.69, 9.17) is 4.74 Å². The zero-order chi connectivity index (χ0) is 7.14. The third-order valence-electron chi connectivity index (χ3n) is 3.23. The minimum atomic E-state index is 0.878. The van der Waals surface area contributed by atoms with Gasteiger partial charge in [-0.25, -0.2) is 0 Å². The van der Waals surface area contributed by atoms with Gasteiger partial charge in [-0.1, -0.05) is 13.8 Å². The van der Waals surface area contributed by atoms with E-state index in [1.54, 1.807) is 0 Å². The van der Waals surface area contributed by atoms with Crippen molar-refractivity contribution < 1.29 is 4.74 Å². The second kappa shape index (κ2) is 2.23.